The topological polar surface area (TPSA) is 78.8 Å². The first-order valence-corrected chi connectivity index (χ1v) is 9.30. The minimum atomic E-state index is -3.37. The number of nitrogens with one attached hydrogen (secondary N) is 1. The molecule has 6 nitrogen and oxygen atoms in total. The summed E-state index contributed by atoms with van der Waals surface area (Å²) in [6, 6.07) is 0. The highest BCUT2D eigenvalue weighted by atomic mass is 32.2. The van der Waals surface area contributed by atoms with Crippen LogP contribution >= 0.6 is 0 Å². The molecule has 2 rings (SSSR count). The normalized spacial score (nSPS) is 20.5. The Morgan fingerprint density at radius 1 is 1.26 bits per heavy atom. The van der Waals surface area contributed by atoms with E-state index >= 15 is 0 Å². The molecular weight excluding hydrogens is 314 g/mol. The van der Waals surface area contributed by atoms with Crippen LogP contribution in [0.15, 0.2) is 28.3 Å². The number of nitrogens with zero attached hydrogens (tertiary/aromatic N) is 2. The number of amides is 1. The lowest BCUT2D eigenvalue weighted by molar-refractivity contribution is -0.119. The molecule has 2 aliphatic rings. The Labute approximate surface area is 138 Å². The van der Waals surface area contributed by atoms with Crippen molar-refractivity contribution in [2.75, 3.05) is 12.3 Å². The molecule has 128 valence electrons. The second-order valence-corrected chi connectivity index (χ2v) is 9.68. The molecule has 1 N–H and O–H groups in total. The van der Waals surface area contributed by atoms with E-state index in [9.17, 15) is 13.2 Å². The molecule has 0 spiro atoms. The lowest BCUT2D eigenvalue weighted by Gasteiger charge is -2.34. The van der Waals surface area contributed by atoms with E-state index in [1.807, 2.05) is 13.8 Å². The van der Waals surface area contributed by atoms with Crippen molar-refractivity contribution in [3.8, 4) is 0 Å². The van der Waals surface area contributed by atoms with E-state index in [1.165, 1.54) is 0 Å². The van der Waals surface area contributed by atoms with E-state index in [0.29, 0.717) is 18.0 Å². The predicted molar refractivity (Wildman–Crippen MR) is 91.4 cm³/mol. The van der Waals surface area contributed by atoms with Gasteiger partial charge in [-0.3, -0.25) is 4.79 Å². The molecule has 2 aliphatic heterocycles. The Bertz CT molecular complexity index is 695. The zero-order valence-corrected chi connectivity index (χ0v) is 15.2. The number of fused-ring (bicyclic) bond motifs is 1. The molecule has 2 heterocycles. The number of carbonyl (C=O) groups excluding carboxylic acids is 1. The van der Waals surface area contributed by atoms with Gasteiger partial charge in [-0.25, -0.2) is 8.42 Å². The molecule has 0 unspecified atom stereocenters. The Hall–Kier alpha value is -1.63. The fourth-order valence-corrected chi connectivity index (χ4v) is 4.05. The van der Waals surface area contributed by atoms with Crippen molar-refractivity contribution in [2.24, 2.45) is 9.81 Å². The quantitative estimate of drug-likeness (QED) is 0.850. The molecule has 0 radical (unpaired) electrons. The van der Waals surface area contributed by atoms with Gasteiger partial charge in [-0.15, -0.1) is 4.40 Å². The monoisotopic (exact) mass is 339 g/mol. The standard InChI is InChI=1S/C16H25N3O3S/c1-15(2,3)11-16(4,5)17-14(20)12-6-7-13-18-23(21,22)9-8-19(13)10-12/h6-7,10H,8-9,11H2,1-5H3,(H,17,20). The van der Waals surface area contributed by atoms with Gasteiger partial charge in [0.25, 0.3) is 15.9 Å². The van der Waals surface area contributed by atoms with Crippen LogP contribution in [0.5, 0.6) is 0 Å². The van der Waals surface area contributed by atoms with Crippen molar-refractivity contribution in [1.82, 2.24) is 10.2 Å². The lowest BCUT2D eigenvalue weighted by Crippen LogP contribution is -2.47. The number of hydrogen-bond donors (Lipinski definition) is 1. The minimum Gasteiger partial charge on any atom is -0.347 e. The van der Waals surface area contributed by atoms with Crippen LogP contribution in [-0.2, 0) is 14.8 Å². The first-order valence-electron chi connectivity index (χ1n) is 7.69. The summed E-state index contributed by atoms with van der Waals surface area (Å²) in [4.78, 5) is 14.2. The molecule has 0 fully saturated rings. The molecular formula is C16H25N3O3S. The molecule has 0 aromatic carbocycles. The molecule has 0 saturated carbocycles. The van der Waals surface area contributed by atoms with E-state index in [4.69, 9.17) is 0 Å². The van der Waals surface area contributed by atoms with Gasteiger partial charge in [-0.05, 0) is 37.8 Å². The van der Waals surface area contributed by atoms with Crippen LogP contribution in [0.25, 0.3) is 0 Å². The fourth-order valence-electron chi connectivity index (χ4n) is 3.08. The highest BCUT2D eigenvalue weighted by Crippen LogP contribution is 2.27. The van der Waals surface area contributed by atoms with E-state index in [2.05, 4.69) is 30.5 Å². The molecule has 0 aromatic rings. The third-order valence-electron chi connectivity index (χ3n) is 3.51. The second-order valence-electron chi connectivity index (χ2n) is 7.92. The average molecular weight is 339 g/mol. The highest BCUT2D eigenvalue weighted by Gasteiger charge is 2.29. The van der Waals surface area contributed by atoms with Crippen LogP contribution in [0.2, 0.25) is 0 Å². The molecule has 1 amide bonds. The summed E-state index contributed by atoms with van der Waals surface area (Å²) in [7, 11) is -3.37. The minimum absolute atomic E-state index is 0.0365. The van der Waals surface area contributed by atoms with Crippen molar-refractivity contribution >= 4 is 21.8 Å². The third-order valence-corrected chi connectivity index (χ3v) is 4.67. The molecule has 0 saturated heterocycles. The number of hydrogen-bond acceptors (Lipinski definition) is 4. The Kier molecular flexibility index (Phi) is 4.45. The van der Waals surface area contributed by atoms with Crippen molar-refractivity contribution in [3.63, 3.8) is 0 Å². The number of rotatable bonds is 3. The first-order chi connectivity index (χ1) is 10.4. The molecule has 0 aliphatic carbocycles. The van der Waals surface area contributed by atoms with E-state index in [-0.39, 0.29) is 22.6 Å². The maximum Gasteiger partial charge on any atom is 0.256 e. The SMILES string of the molecule is CC(C)(C)CC(C)(C)NC(=O)C1=CN2CCS(=O)(=O)N=C2C=C1. The van der Waals surface area contributed by atoms with Crippen LogP contribution in [0.3, 0.4) is 0 Å². The van der Waals surface area contributed by atoms with Gasteiger partial charge in [0, 0.05) is 18.3 Å². The summed E-state index contributed by atoms with van der Waals surface area (Å²) in [5.41, 5.74) is 0.281. The Morgan fingerprint density at radius 2 is 1.91 bits per heavy atom. The average Bonchev–Trinajstić information content (AvgIpc) is 2.33. The smallest absolute Gasteiger partial charge is 0.256 e. The largest absolute Gasteiger partial charge is 0.347 e. The molecule has 0 aromatic heterocycles. The van der Waals surface area contributed by atoms with Gasteiger partial charge >= 0.3 is 0 Å². The van der Waals surface area contributed by atoms with E-state index < -0.39 is 10.0 Å². The first kappa shape index (κ1) is 17.7. The summed E-state index contributed by atoms with van der Waals surface area (Å²) in [5.74, 6) is 0.162. The van der Waals surface area contributed by atoms with Gasteiger partial charge in [0.05, 0.1) is 11.3 Å². The van der Waals surface area contributed by atoms with Gasteiger partial charge in [-0.1, -0.05) is 20.8 Å². The highest BCUT2D eigenvalue weighted by molar-refractivity contribution is 7.90. The van der Waals surface area contributed by atoms with Gasteiger partial charge < -0.3 is 10.2 Å². The fraction of sp³-hybridized carbons (Fsp3) is 0.625. The zero-order chi connectivity index (χ0) is 17.5. The zero-order valence-electron chi connectivity index (χ0n) is 14.4. The number of carbonyl (C=O) groups is 1. The lowest BCUT2D eigenvalue weighted by atomic mass is 9.81. The van der Waals surface area contributed by atoms with Crippen molar-refractivity contribution in [3.05, 3.63) is 23.9 Å². The maximum absolute atomic E-state index is 12.5. The van der Waals surface area contributed by atoms with E-state index in [0.717, 1.165) is 6.42 Å². The van der Waals surface area contributed by atoms with Crippen LogP contribution in [0.4, 0.5) is 0 Å². The van der Waals surface area contributed by atoms with Crippen LogP contribution in [0, 0.1) is 5.41 Å². The summed E-state index contributed by atoms with van der Waals surface area (Å²) >= 11 is 0. The number of sulfonamides is 1. The Morgan fingerprint density at radius 3 is 2.52 bits per heavy atom. The molecule has 0 bridgehead atoms. The summed E-state index contributed by atoms with van der Waals surface area (Å²) in [5, 5.41) is 3.05. The van der Waals surface area contributed by atoms with Gasteiger partial charge in [0.15, 0.2) is 0 Å². The van der Waals surface area contributed by atoms with Crippen LogP contribution in [-0.4, -0.2) is 42.9 Å². The Balaban J connectivity index is 2.11. The van der Waals surface area contributed by atoms with Crippen LogP contribution < -0.4 is 5.32 Å². The molecule has 23 heavy (non-hydrogen) atoms. The van der Waals surface area contributed by atoms with Gasteiger partial charge in [0.2, 0.25) is 0 Å². The summed E-state index contributed by atoms with van der Waals surface area (Å²) in [6.45, 7) is 10.7. The maximum atomic E-state index is 12.5. The third kappa shape index (κ3) is 4.92. The van der Waals surface area contributed by atoms with Crippen molar-refractivity contribution in [1.29, 1.82) is 0 Å². The molecule has 7 heteroatoms. The van der Waals surface area contributed by atoms with Crippen molar-refractivity contribution in [2.45, 2.75) is 46.6 Å². The van der Waals surface area contributed by atoms with Gasteiger partial charge in [0.1, 0.15) is 5.84 Å². The van der Waals surface area contributed by atoms with Crippen LogP contribution in [0.1, 0.15) is 41.0 Å². The predicted octanol–water partition coefficient (Wildman–Crippen LogP) is 1.81. The second kappa shape index (κ2) is 5.78. The summed E-state index contributed by atoms with van der Waals surface area (Å²) in [6.07, 6.45) is 5.69. The number of amidine groups is 1. The van der Waals surface area contributed by atoms with E-state index in [1.54, 1.807) is 23.3 Å². The van der Waals surface area contributed by atoms with Gasteiger partial charge in [-0.2, -0.15) is 0 Å². The molecule has 0 atom stereocenters. The summed E-state index contributed by atoms with van der Waals surface area (Å²) < 4.78 is 26.7. The van der Waals surface area contributed by atoms with Crippen molar-refractivity contribution < 1.29 is 13.2 Å².